The average molecular weight is 423 g/mol. The Labute approximate surface area is 183 Å². The van der Waals surface area contributed by atoms with Gasteiger partial charge < -0.3 is 25.0 Å². The number of piperidine rings is 1. The molecule has 0 aliphatic carbocycles. The zero-order valence-electron chi connectivity index (χ0n) is 18.2. The minimum absolute atomic E-state index is 0.0269. The van der Waals surface area contributed by atoms with Crippen LogP contribution in [0.15, 0.2) is 53.5 Å². The Hall–Kier alpha value is -3.06. The lowest BCUT2D eigenvalue weighted by Crippen LogP contribution is -2.62. The van der Waals surface area contributed by atoms with Gasteiger partial charge in [0.25, 0.3) is 5.91 Å². The van der Waals surface area contributed by atoms with Crippen molar-refractivity contribution >= 4 is 23.1 Å². The number of amides is 1. The van der Waals surface area contributed by atoms with Crippen LogP contribution in [0, 0.1) is 0 Å². The van der Waals surface area contributed by atoms with Gasteiger partial charge in [0, 0.05) is 19.2 Å². The van der Waals surface area contributed by atoms with E-state index in [-0.39, 0.29) is 5.91 Å². The summed E-state index contributed by atoms with van der Waals surface area (Å²) in [7, 11) is 1.68. The Bertz CT molecular complexity index is 944. The third kappa shape index (κ3) is 4.51. The van der Waals surface area contributed by atoms with Gasteiger partial charge in [0.05, 0.1) is 37.7 Å². The summed E-state index contributed by atoms with van der Waals surface area (Å²) in [5.74, 6) is 1.67. The zero-order valence-corrected chi connectivity index (χ0v) is 18.2. The lowest BCUT2D eigenvalue weighted by Gasteiger charge is -2.47. The first-order valence-corrected chi connectivity index (χ1v) is 10.9. The van der Waals surface area contributed by atoms with Gasteiger partial charge in [-0.05, 0) is 56.2 Å². The molecule has 1 saturated heterocycles. The molecule has 7 nitrogen and oxygen atoms in total. The molecular weight excluding hydrogens is 392 g/mol. The molecule has 4 rings (SSSR count). The van der Waals surface area contributed by atoms with Crippen molar-refractivity contribution in [3.8, 4) is 5.75 Å². The lowest BCUT2D eigenvalue weighted by atomic mass is 9.85. The van der Waals surface area contributed by atoms with Crippen LogP contribution in [-0.2, 0) is 4.74 Å². The third-order valence-corrected chi connectivity index (χ3v) is 5.76. The molecule has 1 spiro atoms. The molecule has 31 heavy (non-hydrogen) atoms. The highest BCUT2D eigenvalue weighted by molar-refractivity contribution is 6.10. The highest BCUT2D eigenvalue weighted by atomic mass is 16.5. The van der Waals surface area contributed by atoms with Gasteiger partial charge in [-0.15, -0.1) is 0 Å². The van der Waals surface area contributed by atoms with Crippen LogP contribution in [0.4, 0.5) is 11.4 Å². The maximum atomic E-state index is 13.3. The standard InChI is InChI=1S/C24H30N4O3/c1-3-31-19-11-9-18(10-12-19)22(29)28-15-6-13-24(17-28)23(25-14-16-30-2)26-20-7-4-5-8-21(20)27-24/h4-5,7-12,27H,3,6,13-17H2,1-2H3,(H,25,26)/t24-/m1/s1. The van der Waals surface area contributed by atoms with E-state index in [2.05, 4.69) is 16.7 Å². The zero-order chi connectivity index (χ0) is 21.7. The first kappa shape index (κ1) is 21.2. The molecule has 0 unspecified atom stereocenters. The maximum Gasteiger partial charge on any atom is 0.253 e. The molecule has 2 heterocycles. The molecule has 164 valence electrons. The van der Waals surface area contributed by atoms with Crippen LogP contribution in [0.3, 0.4) is 0 Å². The van der Waals surface area contributed by atoms with Crippen molar-refractivity contribution in [2.75, 3.05) is 50.6 Å². The number of hydrogen-bond acceptors (Lipinski definition) is 5. The van der Waals surface area contributed by atoms with E-state index in [1.54, 1.807) is 7.11 Å². The van der Waals surface area contributed by atoms with Crippen molar-refractivity contribution < 1.29 is 14.3 Å². The predicted molar refractivity (Wildman–Crippen MR) is 123 cm³/mol. The van der Waals surface area contributed by atoms with Gasteiger partial charge in [-0.1, -0.05) is 12.1 Å². The van der Waals surface area contributed by atoms with Gasteiger partial charge in [-0.3, -0.25) is 9.79 Å². The Balaban J connectivity index is 1.59. The van der Waals surface area contributed by atoms with Crippen molar-refractivity contribution in [2.45, 2.75) is 25.3 Å². The molecule has 0 saturated carbocycles. The summed E-state index contributed by atoms with van der Waals surface area (Å²) in [6, 6.07) is 15.5. The summed E-state index contributed by atoms with van der Waals surface area (Å²) in [4.78, 5) is 20.0. The Morgan fingerprint density at radius 2 is 1.94 bits per heavy atom. The number of nitrogens with one attached hydrogen (secondary N) is 2. The largest absolute Gasteiger partial charge is 0.494 e. The number of ether oxygens (including phenoxy) is 2. The second kappa shape index (κ2) is 9.39. The summed E-state index contributed by atoms with van der Waals surface area (Å²) in [6.07, 6.45) is 1.79. The number of benzene rings is 2. The minimum Gasteiger partial charge on any atom is -0.494 e. The van der Waals surface area contributed by atoms with E-state index < -0.39 is 5.54 Å². The fourth-order valence-corrected chi connectivity index (χ4v) is 4.27. The molecule has 0 bridgehead atoms. The fraction of sp³-hybridized carbons (Fsp3) is 0.417. The molecular formula is C24H30N4O3. The van der Waals surface area contributed by atoms with E-state index in [1.807, 2.05) is 54.3 Å². The van der Waals surface area contributed by atoms with Gasteiger partial charge >= 0.3 is 0 Å². The van der Waals surface area contributed by atoms with Gasteiger partial charge in [0.2, 0.25) is 0 Å². The first-order chi connectivity index (χ1) is 15.1. The summed E-state index contributed by atoms with van der Waals surface area (Å²) in [5, 5.41) is 7.22. The van der Waals surface area contributed by atoms with Gasteiger partial charge in [-0.25, -0.2) is 0 Å². The number of para-hydroxylation sites is 2. The Morgan fingerprint density at radius 1 is 1.16 bits per heavy atom. The monoisotopic (exact) mass is 422 g/mol. The number of carbonyl (C=O) groups excluding carboxylic acids is 1. The van der Waals surface area contributed by atoms with Crippen molar-refractivity contribution in [2.24, 2.45) is 4.99 Å². The molecule has 7 heteroatoms. The number of methoxy groups -OCH3 is 1. The average Bonchev–Trinajstić information content (AvgIpc) is 2.80. The van der Waals surface area contributed by atoms with Gasteiger partial charge in [0.15, 0.2) is 0 Å². The summed E-state index contributed by atoms with van der Waals surface area (Å²) >= 11 is 0. The summed E-state index contributed by atoms with van der Waals surface area (Å²) < 4.78 is 10.7. The number of fused-ring (bicyclic) bond motifs is 1. The van der Waals surface area contributed by atoms with Crippen LogP contribution >= 0.6 is 0 Å². The number of nitrogens with zero attached hydrogens (tertiary/aromatic N) is 2. The number of aliphatic imine (C=N–C) groups is 1. The highest BCUT2D eigenvalue weighted by Gasteiger charge is 2.44. The molecule has 2 aliphatic rings. The van der Waals surface area contributed by atoms with Crippen LogP contribution in [0.1, 0.15) is 30.1 Å². The van der Waals surface area contributed by atoms with E-state index in [0.717, 1.165) is 42.3 Å². The summed E-state index contributed by atoms with van der Waals surface area (Å²) in [5.41, 5.74) is 2.26. The molecule has 2 aromatic rings. The van der Waals surface area contributed by atoms with Crippen molar-refractivity contribution in [3.05, 3.63) is 54.1 Å². The molecule has 2 aliphatic heterocycles. The quantitative estimate of drug-likeness (QED) is 0.695. The number of rotatable bonds is 6. The summed E-state index contributed by atoms with van der Waals surface area (Å²) in [6.45, 7) is 4.94. The molecule has 1 amide bonds. The second-order valence-electron chi connectivity index (χ2n) is 7.89. The topological polar surface area (TPSA) is 75.2 Å². The second-order valence-corrected chi connectivity index (χ2v) is 7.89. The minimum atomic E-state index is -0.443. The van der Waals surface area contributed by atoms with E-state index in [1.165, 1.54) is 0 Å². The predicted octanol–water partition coefficient (Wildman–Crippen LogP) is 3.64. The lowest BCUT2D eigenvalue weighted by molar-refractivity contribution is 0.0694. The molecule has 2 N–H and O–H groups in total. The van der Waals surface area contributed by atoms with Gasteiger partial charge in [0.1, 0.15) is 17.1 Å². The number of hydrogen-bond donors (Lipinski definition) is 2. The van der Waals surface area contributed by atoms with Crippen LogP contribution in [0.25, 0.3) is 0 Å². The number of likely N-dealkylation sites (tertiary alicyclic amines) is 1. The molecule has 2 aromatic carbocycles. The molecule has 1 atom stereocenters. The number of anilines is 2. The van der Waals surface area contributed by atoms with E-state index in [9.17, 15) is 4.79 Å². The smallest absolute Gasteiger partial charge is 0.253 e. The maximum absolute atomic E-state index is 13.3. The number of carbonyl (C=O) groups is 1. The Morgan fingerprint density at radius 3 is 2.68 bits per heavy atom. The molecule has 0 aromatic heterocycles. The first-order valence-electron chi connectivity index (χ1n) is 10.9. The van der Waals surface area contributed by atoms with Gasteiger partial charge in [-0.2, -0.15) is 0 Å². The van der Waals surface area contributed by atoms with Crippen LogP contribution in [0.5, 0.6) is 5.75 Å². The van der Waals surface area contributed by atoms with Crippen molar-refractivity contribution in [1.82, 2.24) is 4.90 Å². The van der Waals surface area contributed by atoms with Crippen molar-refractivity contribution in [1.29, 1.82) is 0 Å². The number of amidine groups is 1. The van der Waals surface area contributed by atoms with Crippen LogP contribution in [-0.4, -0.2) is 62.1 Å². The fourth-order valence-electron chi connectivity index (χ4n) is 4.27. The van der Waals surface area contributed by atoms with E-state index in [4.69, 9.17) is 14.5 Å². The highest BCUT2D eigenvalue weighted by Crippen LogP contribution is 2.36. The Kier molecular flexibility index (Phi) is 6.42. The van der Waals surface area contributed by atoms with Crippen LogP contribution < -0.4 is 15.4 Å². The normalized spacial score (nSPS) is 21.4. The van der Waals surface area contributed by atoms with E-state index in [0.29, 0.717) is 31.9 Å². The van der Waals surface area contributed by atoms with Crippen molar-refractivity contribution in [3.63, 3.8) is 0 Å². The molecule has 0 radical (unpaired) electrons. The van der Waals surface area contributed by atoms with E-state index >= 15 is 0 Å². The third-order valence-electron chi connectivity index (χ3n) is 5.76. The van der Waals surface area contributed by atoms with Crippen LogP contribution in [0.2, 0.25) is 0 Å². The molecule has 1 fully saturated rings. The SMILES string of the molecule is CCOc1ccc(C(=O)N2CCC[C@]3(C2)Nc2ccccc2NC3=NCCOC)cc1.